The van der Waals surface area contributed by atoms with Crippen molar-refractivity contribution >= 4 is 26.8 Å². The summed E-state index contributed by atoms with van der Waals surface area (Å²) in [4.78, 5) is 3.27. The molecule has 0 bridgehead atoms. The Balaban J connectivity index is 2.40. The number of hydrogen-bond donors (Lipinski definition) is 2. The maximum Gasteiger partial charge on any atom is 0.0458 e. The number of nitrogens with two attached hydrogens (primary N) is 1. The lowest BCUT2D eigenvalue weighted by Crippen LogP contribution is -2.12. The number of aromatic amines is 1. The number of hydrogen-bond acceptors (Lipinski definition) is 1. The van der Waals surface area contributed by atoms with Crippen molar-refractivity contribution in [3.63, 3.8) is 0 Å². The normalized spacial score (nSPS) is 13.6. The van der Waals surface area contributed by atoms with Gasteiger partial charge in [-0.1, -0.05) is 29.8 Å². The Labute approximate surface area is 104 Å². The van der Waals surface area contributed by atoms with Crippen molar-refractivity contribution < 1.29 is 0 Å². The lowest BCUT2D eigenvalue weighted by atomic mass is 9.97. The number of H-pyrrole nitrogens is 1. The van der Waals surface area contributed by atoms with Crippen LogP contribution in [0.1, 0.15) is 31.9 Å². The molecule has 1 aromatic heterocycles. The van der Waals surface area contributed by atoms with Gasteiger partial charge < -0.3 is 10.7 Å². The van der Waals surface area contributed by atoms with Gasteiger partial charge in [-0.05, 0) is 36.1 Å². The van der Waals surface area contributed by atoms with Crippen LogP contribution in [0.15, 0.2) is 28.9 Å². The van der Waals surface area contributed by atoms with Crippen molar-refractivity contribution in [3.8, 4) is 0 Å². The Morgan fingerprint density at radius 3 is 2.81 bits per heavy atom. The Morgan fingerprint density at radius 1 is 1.38 bits per heavy atom. The summed E-state index contributed by atoms with van der Waals surface area (Å²) in [6.45, 7) is 4.40. The minimum atomic E-state index is 0.114. The fourth-order valence-electron chi connectivity index (χ4n) is 2.06. The second kappa shape index (κ2) is 4.60. The minimum Gasteiger partial charge on any atom is -0.361 e. The highest BCUT2D eigenvalue weighted by molar-refractivity contribution is 9.10. The fraction of sp³-hybridized carbons (Fsp3) is 0.385. The summed E-state index contributed by atoms with van der Waals surface area (Å²) in [6, 6.07) is 6.35. The summed E-state index contributed by atoms with van der Waals surface area (Å²) in [5, 5.41) is 1.22. The molecule has 0 unspecified atom stereocenters. The number of halogens is 1. The third kappa shape index (κ3) is 2.30. The topological polar surface area (TPSA) is 41.8 Å². The van der Waals surface area contributed by atoms with E-state index in [1.807, 2.05) is 12.3 Å². The van der Waals surface area contributed by atoms with Gasteiger partial charge in [0.1, 0.15) is 0 Å². The molecular formula is C13H17BrN2. The van der Waals surface area contributed by atoms with Crippen LogP contribution in [-0.2, 0) is 0 Å². The Hall–Kier alpha value is -0.800. The van der Waals surface area contributed by atoms with E-state index in [4.69, 9.17) is 5.73 Å². The highest BCUT2D eigenvalue weighted by Gasteiger charge is 2.13. The van der Waals surface area contributed by atoms with Gasteiger partial charge in [0, 0.05) is 27.6 Å². The van der Waals surface area contributed by atoms with Crippen LogP contribution in [0.2, 0.25) is 0 Å². The Morgan fingerprint density at radius 2 is 2.12 bits per heavy atom. The maximum atomic E-state index is 6.22. The molecule has 0 saturated carbocycles. The number of rotatable bonds is 3. The van der Waals surface area contributed by atoms with Gasteiger partial charge in [0.15, 0.2) is 0 Å². The van der Waals surface area contributed by atoms with Crippen LogP contribution in [0, 0.1) is 5.92 Å². The molecule has 2 rings (SSSR count). The summed E-state index contributed by atoms with van der Waals surface area (Å²) >= 11 is 3.50. The first kappa shape index (κ1) is 11.7. The van der Waals surface area contributed by atoms with Gasteiger partial charge in [-0.15, -0.1) is 0 Å². The highest BCUT2D eigenvalue weighted by Crippen LogP contribution is 2.28. The van der Waals surface area contributed by atoms with Crippen LogP contribution in [0.4, 0.5) is 0 Å². The summed E-state index contributed by atoms with van der Waals surface area (Å²) in [5.74, 6) is 0.618. The first-order valence-electron chi connectivity index (χ1n) is 5.60. The van der Waals surface area contributed by atoms with Gasteiger partial charge in [0.2, 0.25) is 0 Å². The van der Waals surface area contributed by atoms with Crippen molar-refractivity contribution in [2.75, 3.05) is 0 Å². The molecule has 86 valence electrons. The Kier molecular flexibility index (Phi) is 3.36. The minimum absolute atomic E-state index is 0.114. The summed E-state index contributed by atoms with van der Waals surface area (Å²) in [6.07, 6.45) is 3.05. The molecule has 0 saturated heterocycles. The quantitative estimate of drug-likeness (QED) is 0.878. The molecule has 3 heteroatoms. The van der Waals surface area contributed by atoms with Crippen LogP contribution in [0.25, 0.3) is 10.9 Å². The largest absolute Gasteiger partial charge is 0.361 e. The summed E-state index contributed by atoms with van der Waals surface area (Å²) < 4.78 is 1.09. The molecule has 1 aromatic carbocycles. The van der Waals surface area contributed by atoms with Crippen molar-refractivity contribution in [2.24, 2.45) is 11.7 Å². The summed E-state index contributed by atoms with van der Waals surface area (Å²) in [5.41, 5.74) is 8.58. The first-order chi connectivity index (χ1) is 7.58. The van der Waals surface area contributed by atoms with Crippen LogP contribution in [0.5, 0.6) is 0 Å². The number of benzene rings is 1. The SMILES string of the molecule is CC(C)C[C@@H](N)c1c[nH]c2ccc(Br)cc12. The van der Waals surface area contributed by atoms with E-state index < -0.39 is 0 Å². The molecule has 3 N–H and O–H groups in total. The van der Waals surface area contributed by atoms with Crippen LogP contribution < -0.4 is 5.73 Å². The smallest absolute Gasteiger partial charge is 0.0458 e. The predicted octanol–water partition coefficient (Wildman–Crippen LogP) is 3.98. The zero-order valence-electron chi connectivity index (χ0n) is 9.63. The maximum absolute atomic E-state index is 6.22. The van der Waals surface area contributed by atoms with Gasteiger partial charge in [0.05, 0.1) is 0 Å². The zero-order chi connectivity index (χ0) is 11.7. The number of nitrogens with one attached hydrogen (secondary N) is 1. The first-order valence-corrected chi connectivity index (χ1v) is 6.39. The second-order valence-electron chi connectivity index (χ2n) is 4.67. The highest BCUT2D eigenvalue weighted by atomic mass is 79.9. The zero-order valence-corrected chi connectivity index (χ0v) is 11.2. The average molecular weight is 281 g/mol. The van der Waals surface area contributed by atoms with E-state index in [2.05, 4.69) is 46.9 Å². The third-order valence-electron chi connectivity index (χ3n) is 2.80. The molecule has 16 heavy (non-hydrogen) atoms. The lowest BCUT2D eigenvalue weighted by molar-refractivity contribution is 0.512. The van der Waals surface area contributed by atoms with Gasteiger partial charge in [-0.2, -0.15) is 0 Å². The molecule has 0 aliphatic carbocycles. The van der Waals surface area contributed by atoms with Crippen LogP contribution >= 0.6 is 15.9 Å². The number of fused-ring (bicyclic) bond motifs is 1. The molecule has 0 radical (unpaired) electrons. The standard InChI is InChI=1S/C13H17BrN2/c1-8(2)5-12(15)11-7-16-13-4-3-9(14)6-10(11)13/h3-4,6-8,12,16H,5,15H2,1-2H3/t12-/m1/s1. The molecule has 0 aliphatic heterocycles. The molecule has 0 aliphatic rings. The average Bonchev–Trinajstić information content (AvgIpc) is 2.59. The molecule has 2 aromatic rings. The monoisotopic (exact) mass is 280 g/mol. The molecular weight excluding hydrogens is 264 g/mol. The van der Waals surface area contributed by atoms with E-state index in [0.717, 1.165) is 16.4 Å². The van der Waals surface area contributed by atoms with E-state index in [9.17, 15) is 0 Å². The van der Waals surface area contributed by atoms with Crippen LogP contribution in [-0.4, -0.2) is 4.98 Å². The van der Waals surface area contributed by atoms with Crippen molar-refractivity contribution in [1.82, 2.24) is 4.98 Å². The van der Waals surface area contributed by atoms with E-state index >= 15 is 0 Å². The molecule has 0 spiro atoms. The molecule has 0 fully saturated rings. The van der Waals surface area contributed by atoms with Crippen molar-refractivity contribution in [1.29, 1.82) is 0 Å². The van der Waals surface area contributed by atoms with Crippen LogP contribution in [0.3, 0.4) is 0 Å². The number of aromatic nitrogens is 1. The van der Waals surface area contributed by atoms with E-state index in [-0.39, 0.29) is 6.04 Å². The van der Waals surface area contributed by atoms with Gasteiger partial charge in [-0.25, -0.2) is 0 Å². The predicted molar refractivity (Wildman–Crippen MR) is 72.4 cm³/mol. The van der Waals surface area contributed by atoms with Gasteiger partial charge >= 0.3 is 0 Å². The van der Waals surface area contributed by atoms with E-state index in [0.29, 0.717) is 5.92 Å². The Bertz CT molecular complexity index is 488. The van der Waals surface area contributed by atoms with Gasteiger partial charge in [-0.3, -0.25) is 0 Å². The molecule has 0 amide bonds. The lowest BCUT2D eigenvalue weighted by Gasteiger charge is -2.13. The second-order valence-corrected chi connectivity index (χ2v) is 5.59. The third-order valence-corrected chi connectivity index (χ3v) is 3.29. The molecule has 2 nitrogen and oxygen atoms in total. The van der Waals surface area contributed by atoms with Gasteiger partial charge in [0.25, 0.3) is 0 Å². The molecule has 1 atom stereocenters. The summed E-state index contributed by atoms with van der Waals surface area (Å²) in [7, 11) is 0. The fourth-order valence-corrected chi connectivity index (χ4v) is 2.42. The van der Waals surface area contributed by atoms with E-state index in [1.54, 1.807) is 0 Å². The van der Waals surface area contributed by atoms with Crippen molar-refractivity contribution in [3.05, 3.63) is 34.4 Å². The van der Waals surface area contributed by atoms with E-state index in [1.165, 1.54) is 10.9 Å². The van der Waals surface area contributed by atoms with Crippen molar-refractivity contribution in [2.45, 2.75) is 26.3 Å². The molecule has 1 heterocycles.